The monoisotopic (exact) mass is 268 g/mol. The van der Waals surface area contributed by atoms with Crippen LogP contribution in [0.5, 0.6) is 0 Å². The summed E-state index contributed by atoms with van der Waals surface area (Å²) in [5, 5.41) is 11.2. The molecule has 1 amide bonds. The number of nitrogens with one attached hydrogen (secondary N) is 1. The van der Waals surface area contributed by atoms with E-state index in [0.717, 1.165) is 5.69 Å². The molecule has 7 heteroatoms. The molecule has 1 saturated heterocycles. The summed E-state index contributed by atoms with van der Waals surface area (Å²) < 4.78 is 12.9. The molecule has 0 bridgehead atoms. The largest absolute Gasteiger partial charge is 0.465 e. The third-order valence-electron chi connectivity index (χ3n) is 3.25. The van der Waals surface area contributed by atoms with E-state index in [-0.39, 0.29) is 12.0 Å². The summed E-state index contributed by atoms with van der Waals surface area (Å²) in [6.07, 6.45) is 2.56. The third-order valence-corrected chi connectivity index (χ3v) is 3.25. The van der Waals surface area contributed by atoms with Gasteiger partial charge in [-0.3, -0.25) is 9.37 Å². The van der Waals surface area contributed by atoms with Crippen LogP contribution < -0.4 is 16.0 Å². The lowest BCUT2D eigenvalue weighted by Gasteiger charge is -2.38. The van der Waals surface area contributed by atoms with Crippen molar-refractivity contribution in [3.63, 3.8) is 0 Å². The lowest BCUT2D eigenvalue weighted by molar-refractivity contribution is 0.183. The van der Waals surface area contributed by atoms with Gasteiger partial charge in [-0.15, -0.1) is 0 Å². The Kier molecular flexibility index (Phi) is 4.03. The van der Waals surface area contributed by atoms with Crippen molar-refractivity contribution in [1.29, 1.82) is 0 Å². The van der Waals surface area contributed by atoms with Crippen molar-refractivity contribution in [2.75, 3.05) is 30.4 Å². The van der Waals surface area contributed by atoms with E-state index in [1.165, 1.54) is 6.20 Å². The number of nitrogens with zero attached hydrogens (tertiary/aromatic N) is 2. The first-order valence-corrected chi connectivity index (χ1v) is 6.10. The first kappa shape index (κ1) is 13.4. The molecule has 1 aromatic heterocycles. The molecule has 6 nitrogen and oxygen atoms in total. The summed E-state index contributed by atoms with van der Waals surface area (Å²) in [6.45, 7) is 0.540. The van der Waals surface area contributed by atoms with E-state index < -0.39 is 12.8 Å². The molecular formula is C12H17FN4O2. The zero-order chi connectivity index (χ0) is 13.8. The van der Waals surface area contributed by atoms with Gasteiger partial charge in [-0.2, -0.15) is 0 Å². The number of nitrogens with two attached hydrogens (primary N) is 1. The Labute approximate surface area is 110 Å². The van der Waals surface area contributed by atoms with Gasteiger partial charge in [0.2, 0.25) is 0 Å². The minimum absolute atomic E-state index is 0.196. The van der Waals surface area contributed by atoms with Crippen LogP contribution in [-0.2, 0) is 0 Å². The third kappa shape index (κ3) is 3.24. The SMILES string of the molecule is Nc1cnccc1N1CC(CF)CC(NC(=O)O)C1. The van der Waals surface area contributed by atoms with Gasteiger partial charge in [0.25, 0.3) is 0 Å². The number of hydrogen-bond acceptors (Lipinski definition) is 4. The topological polar surface area (TPSA) is 91.5 Å². The second kappa shape index (κ2) is 5.73. The van der Waals surface area contributed by atoms with Crippen LogP contribution in [0.2, 0.25) is 0 Å². The van der Waals surface area contributed by atoms with E-state index in [9.17, 15) is 9.18 Å². The van der Waals surface area contributed by atoms with Gasteiger partial charge >= 0.3 is 6.09 Å². The fraction of sp³-hybridized carbons (Fsp3) is 0.500. The van der Waals surface area contributed by atoms with Gasteiger partial charge in [-0.05, 0) is 12.5 Å². The fourth-order valence-corrected chi connectivity index (χ4v) is 2.48. The molecule has 0 aliphatic carbocycles. The molecule has 2 rings (SSSR count). The second-order valence-corrected chi connectivity index (χ2v) is 4.74. The Bertz CT molecular complexity index is 457. The van der Waals surface area contributed by atoms with Crippen LogP contribution >= 0.6 is 0 Å². The van der Waals surface area contributed by atoms with Crippen LogP contribution in [-0.4, -0.2) is 42.0 Å². The van der Waals surface area contributed by atoms with E-state index in [1.54, 1.807) is 12.3 Å². The Morgan fingerprint density at radius 3 is 3.05 bits per heavy atom. The number of carboxylic acid groups (broad SMARTS) is 1. The summed E-state index contributed by atoms with van der Waals surface area (Å²) in [6, 6.07) is 1.47. The zero-order valence-electron chi connectivity index (χ0n) is 10.4. The minimum Gasteiger partial charge on any atom is -0.465 e. The molecule has 104 valence electrons. The molecule has 1 aliphatic rings. The Morgan fingerprint density at radius 1 is 1.63 bits per heavy atom. The first-order chi connectivity index (χ1) is 9.10. The number of piperidine rings is 1. The van der Waals surface area contributed by atoms with Gasteiger partial charge < -0.3 is 21.1 Å². The Balaban J connectivity index is 2.15. The van der Waals surface area contributed by atoms with E-state index >= 15 is 0 Å². The van der Waals surface area contributed by atoms with Crippen molar-refractivity contribution in [3.05, 3.63) is 18.5 Å². The highest BCUT2D eigenvalue weighted by Crippen LogP contribution is 2.27. The number of anilines is 2. The van der Waals surface area contributed by atoms with E-state index in [4.69, 9.17) is 10.8 Å². The van der Waals surface area contributed by atoms with E-state index in [2.05, 4.69) is 10.3 Å². The van der Waals surface area contributed by atoms with E-state index in [1.807, 2.05) is 4.90 Å². The fourth-order valence-electron chi connectivity index (χ4n) is 2.48. The highest BCUT2D eigenvalue weighted by molar-refractivity contribution is 5.67. The molecule has 1 aromatic rings. The first-order valence-electron chi connectivity index (χ1n) is 6.10. The summed E-state index contributed by atoms with van der Waals surface area (Å²) in [5.74, 6) is -0.196. The normalized spacial score (nSPS) is 23.1. The lowest BCUT2D eigenvalue weighted by atomic mass is 9.95. The maximum absolute atomic E-state index is 12.9. The summed E-state index contributed by atoms with van der Waals surface area (Å²) in [4.78, 5) is 16.5. The van der Waals surface area contributed by atoms with Gasteiger partial charge in [0.05, 0.1) is 30.3 Å². The molecule has 1 fully saturated rings. The molecule has 1 aliphatic heterocycles. The van der Waals surface area contributed by atoms with Gasteiger partial charge in [0.1, 0.15) is 0 Å². The standard InChI is InChI=1S/C12H17FN4O2/c13-4-8-3-9(16-12(18)19)7-17(6-8)11-1-2-15-5-10(11)14/h1-2,5,8-9,16H,3-4,6-7,14H2,(H,18,19). The number of alkyl halides is 1. The average Bonchev–Trinajstić information content (AvgIpc) is 2.38. The lowest BCUT2D eigenvalue weighted by Crippen LogP contribution is -2.51. The van der Waals surface area contributed by atoms with Gasteiger partial charge in [-0.25, -0.2) is 4.79 Å². The molecule has 2 unspecified atom stereocenters. The van der Waals surface area contributed by atoms with Crippen molar-refractivity contribution < 1.29 is 14.3 Å². The quantitative estimate of drug-likeness (QED) is 0.763. The number of hydrogen-bond donors (Lipinski definition) is 3. The van der Waals surface area contributed by atoms with Crippen molar-refractivity contribution in [3.8, 4) is 0 Å². The van der Waals surface area contributed by atoms with Gasteiger partial charge in [0.15, 0.2) is 0 Å². The summed E-state index contributed by atoms with van der Waals surface area (Å²) >= 11 is 0. The van der Waals surface area contributed by atoms with Crippen molar-refractivity contribution in [2.24, 2.45) is 5.92 Å². The minimum atomic E-state index is -1.09. The van der Waals surface area contributed by atoms with Crippen molar-refractivity contribution >= 4 is 17.5 Å². The maximum Gasteiger partial charge on any atom is 0.404 e. The molecule has 2 heterocycles. The number of pyridine rings is 1. The predicted molar refractivity (Wildman–Crippen MR) is 69.9 cm³/mol. The molecular weight excluding hydrogens is 251 g/mol. The number of amides is 1. The van der Waals surface area contributed by atoms with Crippen LogP contribution in [0.4, 0.5) is 20.6 Å². The molecule has 0 spiro atoms. The zero-order valence-corrected chi connectivity index (χ0v) is 10.4. The van der Waals surface area contributed by atoms with Crippen LogP contribution in [0, 0.1) is 5.92 Å². The summed E-state index contributed by atoms with van der Waals surface area (Å²) in [5.41, 5.74) is 7.13. The highest BCUT2D eigenvalue weighted by atomic mass is 19.1. The molecule has 4 N–H and O–H groups in total. The second-order valence-electron chi connectivity index (χ2n) is 4.74. The Hall–Kier alpha value is -2.05. The predicted octanol–water partition coefficient (Wildman–Crippen LogP) is 1.10. The van der Waals surface area contributed by atoms with Crippen molar-refractivity contribution in [1.82, 2.24) is 10.3 Å². The van der Waals surface area contributed by atoms with Gasteiger partial charge in [-0.1, -0.05) is 0 Å². The maximum atomic E-state index is 12.9. The molecule has 0 radical (unpaired) electrons. The van der Waals surface area contributed by atoms with Crippen LogP contribution in [0.1, 0.15) is 6.42 Å². The number of nitrogen functional groups attached to an aromatic ring is 1. The van der Waals surface area contributed by atoms with E-state index in [0.29, 0.717) is 25.2 Å². The van der Waals surface area contributed by atoms with Crippen molar-refractivity contribution in [2.45, 2.75) is 12.5 Å². The summed E-state index contributed by atoms with van der Waals surface area (Å²) in [7, 11) is 0. The average molecular weight is 268 g/mol. The van der Waals surface area contributed by atoms with Crippen LogP contribution in [0.15, 0.2) is 18.5 Å². The molecule has 19 heavy (non-hydrogen) atoms. The Morgan fingerprint density at radius 2 is 2.42 bits per heavy atom. The molecule has 0 aromatic carbocycles. The van der Waals surface area contributed by atoms with Gasteiger partial charge in [0, 0.05) is 25.2 Å². The number of halogens is 1. The molecule has 2 atom stereocenters. The smallest absolute Gasteiger partial charge is 0.404 e. The molecule has 0 saturated carbocycles. The number of rotatable bonds is 3. The van der Waals surface area contributed by atoms with Crippen LogP contribution in [0.25, 0.3) is 0 Å². The highest BCUT2D eigenvalue weighted by Gasteiger charge is 2.29. The number of aromatic nitrogens is 1. The van der Waals surface area contributed by atoms with Crippen LogP contribution in [0.3, 0.4) is 0 Å². The number of carbonyl (C=O) groups is 1.